The van der Waals surface area contributed by atoms with E-state index in [4.69, 9.17) is 10.7 Å². The second-order valence-electron chi connectivity index (χ2n) is 8.29. The van der Waals surface area contributed by atoms with Gasteiger partial charge in [0.25, 0.3) is 0 Å². The van der Waals surface area contributed by atoms with Gasteiger partial charge in [-0.2, -0.15) is 0 Å². The number of nitrogens with zero attached hydrogens (tertiary/aromatic N) is 5. The summed E-state index contributed by atoms with van der Waals surface area (Å²) < 4.78 is 0. The molecule has 1 aliphatic rings. The van der Waals surface area contributed by atoms with Crippen molar-refractivity contribution in [2.45, 2.75) is 13.5 Å². The van der Waals surface area contributed by atoms with Crippen LogP contribution in [0.15, 0.2) is 48.8 Å². The number of piperazine rings is 1. The van der Waals surface area contributed by atoms with Crippen LogP contribution in [0.5, 0.6) is 0 Å². The Bertz CT molecular complexity index is 1200. The molecule has 0 unspecified atom stereocenters. The first-order chi connectivity index (χ1) is 15.1. The molecule has 0 amide bonds. The molecule has 5 rings (SSSR count). The number of hydrogen-bond acceptors (Lipinski definition) is 6. The number of nitrogens with two attached hydrogens (primary N) is 1. The number of hydrogen-bond donors (Lipinski definition) is 2. The highest BCUT2D eigenvalue weighted by Crippen LogP contribution is 2.35. The largest absolute Gasteiger partial charge is 0.384 e. The summed E-state index contributed by atoms with van der Waals surface area (Å²) in [6.07, 6.45) is 3.70. The van der Waals surface area contributed by atoms with Crippen LogP contribution < -0.4 is 5.73 Å². The fourth-order valence-corrected chi connectivity index (χ4v) is 4.23. The smallest absolute Gasteiger partial charge is 0.142 e. The van der Waals surface area contributed by atoms with Crippen molar-refractivity contribution < 1.29 is 0 Å². The van der Waals surface area contributed by atoms with Crippen LogP contribution in [-0.2, 0) is 6.54 Å². The number of rotatable bonds is 4. The van der Waals surface area contributed by atoms with Crippen LogP contribution in [0, 0.1) is 6.92 Å². The van der Waals surface area contributed by atoms with E-state index >= 15 is 0 Å². The minimum absolute atomic E-state index is 0.495. The molecule has 0 radical (unpaired) electrons. The maximum atomic E-state index is 5.92. The molecule has 31 heavy (non-hydrogen) atoms. The van der Waals surface area contributed by atoms with E-state index in [9.17, 15) is 0 Å². The Morgan fingerprint density at radius 1 is 1.00 bits per heavy atom. The van der Waals surface area contributed by atoms with Crippen LogP contribution in [0.2, 0.25) is 0 Å². The number of aromatic nitrogens is 4. The first kappa shape index (κ1) is 19.7. The van der Waals surface area contributed by atoms with Gasteiger partial charge in [0.1, 0.15) is 17.3 Å². The number of H-pyrrole nitrogens is 1. The van der Waals surface area contributed by atoms with Gasteiger partial charge in [-0.3, -0.25) is 4.90 Å². The summed E-state index contributed by atoms with van der Waals surface area (Å²) in [5.74, 6) is 1.24. The van der Waals surface area contributed by atoms with Crippen molar-refractivity contribution >= 4 is 16.9 Å². The Morgan fingerprint density at radius 3 is 2.52 bits per heavy atom. The highest BCUT2D eigenvalue weighted by molar-refractivity contribution is 6.02. The van der Waals surface area contributed by atoms with Gasteiger partial charge in [0.2, 0.25) is 0 Å². The first-order valence-corrected chi connectivity index (χ1v) is 10.6. The summed E-state index contributed by atoms with van der Waals surface area (Å²) in [5, 5.41) is 1.00. The summed E-state index contributed by atoms with van der Waals surface area (Å²) >= 11 is 0. The maximum Gasteiger partial charge on any atom is 0.142 e. The quantitative estimate of drug-likeness (QED) is 0.534. The highest BCUT2D eigenvalue weighted by atomic mass is 15.2. The number of pyridine rings is 1. The summed E-state index contributed by atoms with van der Waals surface area (Å²) in [6.45, 7) is 7.41. The third kappa shape index (κ3) is 4.02. The van der Waals surface area contributed by atoms with Crippen LogP contribution in [0.25, 0.3) is 33.4 Å². The summed E-state index contributed by atoms with van der Waals surface area (Å²) in [7, 11) is 2.19. The molecule has 1 saturated heterocycles. The molecule has 0 bridgehead atoms. The van der Waals surface area contributed by atoms with Gasteiger partial charge in [0.05, 0.1) is 11.1 Å². The van der Waals surface area contributed by atoms with Gasteiger partial charge in [-0.1, -0.05) is 24.3 Å². The molecule has 7 nitrogen and oxygen atoms in total. The van der Waals surface area contributed by atoms with E-state index in [0.29, 0.717) is 5.82 Å². The lowest BCUT2D eigenvalue weighted by Gasteiger charge is -2.32. The number of nitrogens with one attached hydrogen (secondary N) is 1. The van der Waals surface area contributed by atoms with E-state index in [-0.39, 0.29) is 0 Å². The zero-order valence-corrected chi connectivity index (χ0v) is 18.0. The molecule has 0 spiro atoms. The zero-order chi connectivity index (χ0) is 21.4. The normalized spacial score (nSPS) is 15.5. The minimum atomic E-state index is 0.495. The van der Waals surface area contributed by atoms with Crippen molar-refractivity contribution in [2.75, 3.05) is 39.0 Å². The summed E-state index contributed by atoms with van der Waals surface area (Å²) in [5.41, 5.74) is 12.1. The van der Waals surface area contributed by atoms with Gasteiger partial charge in [-0.25, -0.2) is 15.0 Å². The molecule has 1 fully saturated rings. The van der Waals surface area contributed by atoms with Gasteiger partial charge in [0, 0.05) is 56.2 Å². The number of likely N-dealkylation sites (N-methyl/N-ethyl adjacent to an activating group) is 1. The molecule has 3 N–H and O–H groups in total. The number of aryl methyl sites for hydroxylation is 1. The van der Waals surface area contributed by atoms with Gasteiger partial charge in [0.15, 0.2) is 0 Å². The topological polar surface area (TPSA) is 87.0 Å². The lowest BCUT2D eigenvalue weighted by Crippen LogP contribution is -2.43. The molecule has 4 aromatic rings. The van der Waals surface area contributed by atoms with Crippen LogP contribution in [0.4, 0.5) is 5.82 Å². The number of aromatic amines is 1. The fourth-order valence-electron chi connectivity index (χ4n) is 4.23. The van der Waals surface area contributed by atoms with Crippen molar-refractivity contribution in [2.24, 2.45) is 0 Å². The monoisotopic (exact) mass is 413 g/mol. The zero-order valence-electron chi connectivity index (χ0n) is 18.0. The highest BCUT2D eigenvalue weighted by Gasteiger charge is 2.17. The molecular weight excluding hydrogens is 386 g/mol. The molecule has 1 aliphatic heterocycles. The molecular formula is C24H27N7. The van der Waals surface area contributed by atoms with Gasteiger partial charge < -0.3 is 15.6 Å². The number of anilines is 1. The van der Waals surface area contributed by atoms with E-state index < -0.39 is 0 Å². The Kier molecular flexibility index (Phi) is 5.13. The summed E-state index contributed by atoms with van der Waals surface area (Å²) in [4.78, 5) is 21.7. The molecule has 3 aromatic heterocycles. The number of fused-ring (bicyclic) bond motifs is 1. The van der Waals surface area contributed by atoms with Crippen molar-refractivity contribution in [3.05, 3.63) is 60.2 Å². The number of nitrogen functional groups attached to an aromatic ring is 1. The van der Waals surface area contributed by atoms with Crippen LogP contribution in [-0.4, -0.2) is 63.0 Å². The van der Waals surface area contributed by atoms with Crippen LogP contribution in [0.3, 0.4) is 0 Å². The molecule has 0 aliphatic carbocycles. The summed E-state index contributed by atoms with van der Waals surface area (Å²) in [6, 6.07) is 12.6. The van der Waals surface area contributed by atoms with Crippen molar-refractivity contribution in [3.63, 3.8) is 0 Å². The third-order valence-corrected chi connectivity index (χ3v) is 5.96. The molecule has 0 saturated carbocycles. The minimum Gasteiger partial charge on any atom is -0.384 e. The lowest BCUT2D eigenvalue weighted by atomic mass is 10.0. The lowest BCUT2D eigenvalue weighted by molar-refractivity contribution is 0.148. The molecule has 4 heterocycles. The Balaban J connectivity index is 1.50. The second kappa shape index (κ2) is 8.09. The third-order valence-electron chi connectivity index (χ3n) is 5.96. The SMILES string of the molecule is Cc1nc(-c2ccc(CN3CCN(C)CC3)cc2)c2c(-c3ccnc(N)c3)c[nH]c2n1. The van der Waals surface area contributed by atoms with E-state index in [1.165, 1.54) is 5.56 Å². The number of benzene rings is 1. The molecule has 7 heteroatoms. The van der Waals surface area contributed by atoms with E-state index in [2.05, 4.69) is 56.1 Å². The molecule has 0 atom stereocenters. The Morgan fingerprint density at radius 2 is 1.77 bits per heavy atom. The van der Waals surface area contributed by atoms with E-state index in [1.54, 1.807) is 6.20 Å². The second-order valence-corrected chi connectivity index (χ2v) is 8.29. The average molecular weight is 414 g/mol. The Labute approximate surface area is 182 Å². The van der Waals surface area contributed by atoms with Crippen LogP contribution >= 0.6 is 0 Å². The Hall–Kier alpha value is -3.29. The molecule has 158 valence electrons. The predicted molar refractivity (Wildman–Crippen MR) is 124 cm³/mol. The van der Waals surface area contributed by atoms with Gasteiger partial charge >= 0.3 is 0 Å². The maximum absolute atomic E-state index is 5.92. The van der Waals surface area contributed by atoms with Gasteiger partial charge in [-0.15, -0.1) is 0 Å². The molecule has 1 aromatic carbocycles. The van der Waals surface area contributed by atoms with Gasteiger partial charge in [-0.05, 0) is 37.2 Å². The fraction of sp³-hybridized carbons (Fsp3) is 0.292. The van der Waals surface area contributed by atoms with Crippen molar-refractivity contribution in [3.8, 4) is 22.4 Å². The predicted octanol–water partition coefficient (Wildman–Crippen LogP) is 3.32. The van der Waals surface area contributed by atoms with E-state index in [1.807, 2.05) is 25.3 Å². The first-order valence-electron chi connectivity index (χ1n) is 10.6. The average Bonchev–Trinajstić information content (AvgIpc) is 3.19. The van der Waals surface area contributed by atoms with Crippen molar-refractivity contribution in [1.29, 1.82) is 0 Å². The standard InChI is InChI=1S/C24H27N7/c1-16-28-23(18-5-3-17(4-6-18)15-31-11-9-30(2)10-12-31)22-20(14-27-24(22)29-16)19-7-8-26-21(25)13-19/h3-8,13-14H,9-12,15H2,1-2H3,(H2,25,26)(H,27,28,29). The van der Waals surface area contributed by atoms with Crippen molar-refractivity contribution in [1.82, 2.24) is 29.7 Å². The van der Waals surface area contributed by atoms with E-state index in [0.717, 1.165) is 72.0 Å². The van der Waals surface area contributed by atoms with Crippen LogP contribution in [0.1, 0.15) is 11.4 Å².